The van der Waals surface area contributed by atoms with E-state index in [1.54, 1.807) is 0 Å². The quantitative estimate of drug-likeness (QED) is 0.459. The molecule has 0 aromatic heterocycles. The molecule has 1 nitrogen and oxygen atoms in total. The highest BCUT2D eigenvalue weighted by atomic mass is 28.4. The van der Waals surface area contributed by atoms with E-state index in [4.69, 9.17) is 4.43 Å². The molecule has 0 spiro atoms. The minimum atomic E-state index is -1.55. The average Bonchev–Trinajstić information content (AvgIpc) is 2.14. The molecule has 0 saturated heterocycles. The number of allylic oxidation sites excluding steroid dienone is 1. The second-order valence-electron chi connectivity index (χ2n) is 6.04. The van der Waals surface area contributed by atoms with E-state index in [2.05, 4.69) is 59.9 Å². The van der Waals surface area contributed by atoms with Gasteiger partial charge in [-0.3, -0.25) is 0 Å². The lowest BCUT2D eigenvalue weighted by Crippen LogP contribution is -2.41. The van der Waals surface area contributed by atoms with Crippen LogP contribution >= 0.6 is 0 Å². The van der Waals surface area contributed by atoms with Crippen LogP contribution in [0.25, 0.3) is 0 Å². The SMILES string of the molecule is C=C[C@H](C[CH]C)CCO[Si](C)(C)C(C)(C)C. The zero-order valence-corrected chi connectivity index (χ0v) is 13.0. The van der Waals surface area contributed by atoms with Crippen LogP contribution in [0, 0.1) is 12.3 Å². The van der Waals surface area contributed by atoms with Gasteiger partial charge in [-0.25, -0.2) is 0 Å². The Morgan fingerprint density at radius 1 is 1.31 bits per heavy atom. The molecular formula is C14H29OSi. The molecule has 0 fully saturated rings. The zero-order chi connectivity index (χ0) is 12.8. The van der Waals surface area contributed by atoms with Gasteiger partial charge in [-0.2, -0.15) is 0 Å². The van der Waals surface area contributed by atoms with Crippen molar-refractivity contribution in [2.75, 3.05) is 6.61 Å². The molecule has 0 bridgehead atoms. The van der Waals surface area contributed by atoms with Gasteiger partial charge in [-0.05, 0) is 43.3 Å². The van der Waals surface area contributed by atoms with Crippen molar-refractivity contribution in [2.45, 2.75) is 58.7 Å². The van der Waals surface area contributed by atoms with E-state index < -0.39 is 8.32 Å². The average molecular weight is 241 g/mol. The molecule has 0 unspecified atom stereocenters. The molecule has 0 amide bonds. The molecule has 16 heavy (non-hydrogen) atoms. The van der Waals surface area contributed by atoms with Gasteiger partial charge in [0.2, 0.25) is 0 Å². The van der Waals surface area contributed by atoms with E-state index in [1.165, 1.54) is 0 Å². The third kappa shape index (κ3) is 5.31. The van der Waals surface area contributed by atoms with Crippen LogP contribution in [0.1, 0.15) is 40.5 Å². The van der Waals surface area contributed by atoms with Crippen LogP contribution < -0.4 is 0 Å². The van der Waals surface area contributed by atoms with E-state index in [-0.39, 0.29) is 0 Å². The van der Waals surface area contributed by atoms with Crippen molar-refractivity contribution < 1.29 is 4.43 Å². The highest BCUT2D eigenvalue weighted by Crippen LogP contribution is 2.36. The summed E-state index contributed by atoms with van der Waals surface area (Å²) < 4.78 is 6.15. The Morgan fingerprint density at radius 2 is 1.88 bits per heavy atom. The molecule has 0 rings (SSSR count). The molecular weight excluding hydrogens is 212 g/mol. The summed E-state index contributed by atoms with van der Waals surface area (Å²) in [6, 6.07) is 0. The zero-order valence-electron chi connectivity index (χ0n) is 12.0. The second-order valence-corrected chi connectivity index (χ2v) is 10.8. The van der Waals surface area contributed by atoms with Gasteiger partial charge in [-0.1, -0.05) is 33.8 Å². The van der Waals surface area contributed by atoms with Gasteiger partial charge >= 0.3 is 0 Å². The van der Waals surface area contributed by atoms with Gasteiger partial charge in [0.05, 0.1) is 0 Å². The molecule has 0 aromatic carbocycles. The fourth-order valence-corrected chi connectivity index (χ4v) is 2.38. The predicted octanol–water partition coefficient (Wildman–Crippen LogP) is 4.81. The molecule has 0 N–H and O–H groups in total. The first-order valence-corrected chi connectivity index (χ1v) is 9.19. The maximum atomic E-state index is 6.15. The standard InChI is InChI=1S/C14H29OSi/c1-8-10-13(9-2)11-12-15-16(6,7)14(3,4)5/h8-9,13H,2,10-12H2,1,3-7H3/t13-/m1/s1. The fraction of sp³-hybridized carbons (Fsp3) is 0.786. The van der Waals surface area contributed by atoms with Crippen LogP contribution in [0.3, 0.4) is 0 Å². The summed E-state index contributed by atoms with van der Waals surface area (Å²) in [5.74, 6) is 0.578. The van der Waals surface area contributed by atoms with E-state index in [9.17, 15) is 0 Å². The van der Waals surface area contributed by atoms with Crippen molar-refractivity contribution in [1.82, 2.24) is 0 Å². The van der Waals surface area contributed by atoms with Crippen molar-refractivity contribution in [2.24, 2.45) is 5.92 Å². The topological polar surface area (TPSA) is 9.23 Å². The van der Waals surface area contributed by atoms with Crippen LogP contribution in [-0.2, 0) is 4.43 Å². The minimum Gasteiger partial charge on any atom is -0.417 e. The van der Waals surface area contributed by atoms with E-state index in [0.29, 0.717) is 11.0 Å². The Morgan fingerprint density at radius 3 is 2.25 bits per heavy atom. The highest BCUT2D eigenvalue weighted by molar-refractivity contribution is 6.74. The molecule has 1 radical (unpaired) electrons. The van der Waals surface area contributed by atoms with Gasteiger partial charge in [-0.15, -0.1) is 6.58 Å². The Balaban J connectivity index is 4.01. The summed E-state index contributed by atoms with van der Waals surface area (Å²) in [5.41, 5.74) is 0. The molecule has 0 aliphatic carbocycles. The molecule has 0 aromatic rings. The number of hydrogen-bond acceptors (Lipinski definition) is 1. The molecule has 0 aliphatic heterocycles. The molecule has 0 saturated carbocycles. The first-order chi connectivity index (χ1) is 7.24. The van der Waals surface area contributed by atoms with Crippen LogP contribution in [0.2, 0.25) is 18.1 Å². The number of rotatable bonds is 7. The lowest BCUT2D eigenvalue weighted by molar-refractivity contribution is 0.266. The molecule has 95 valence electrons. The second kappa shape index (κ2) is 6.60. The third-order valence-electron chi connectivity index (χ3n) is 3.63. The molecule has 2 heteroatoms. The lowest BCUT2D eigenvalue weighted by Gasteiger charge is -2.36. The first-order valence-electron chi connectivity index (χ1n) is 6.29. The van der Waals surface area contributed by atoms with Crippen molar-refractivity contribution in [3.63, 3.8) is 0 Å². The Labute approximate surface area is 103 Å². The maximum absolute atomic E-state index is 6.15. The summed E-state index contributed by atoms with van der Waals surface area (Å²) in [6.45, 7) is 18.3. The van der Waals surface area contributed by atoms with Crippen LogP contribution in [-0.4, -0.2) is 14.9 Å². The van der Waals surface area contributed by atoms with Crippen LogP contribution in [0.4, 0.5) is 0 Å². The molecule has 0 heterocycles. The Kier molecular flexibility index (Phi) is 6.57. The van der Waals surface area contributed by atoms with Crippen molar-refractivity contribution in [3.05, 3.63) is 19.1 Å². The normalized spacial score (nSPS) is 14.9. The summed E-state index contributed by atoms with van der Waals surface area (Å²) >= 11 is 0. The minimum absolute atomic E-state index is 0.313. The summed E-state index contributed by atoms with van der Waals surface area (Å²) in [5, 5.41) is 0.313. The van der Waals surface area contributed by atoms with Crippen molar-refractivity contribution in [1.29, 1.82) is 0 Å². The summed E-state index contributed by atoms with van der Waals surface area (Å²) in [7, 11) is -1.55. The van der Waals surface area contributed by atoms with Gasteiger partial charge < -0.3 is 4.43 Å². The molecule has 1 atom stereocenters. The van der Waals surface area contributed by atoms with Crippen LogP contribution in [0.15, 0.2) is 12.7 Å². The fourth-order valence-electron chi connectivity index (χ4n) is 1.32. The van der Waals surface area contributed by atoms with Gasteiger partial charge in [0.25, 0.3) is 0 Å². The monoisotopic (exact) mass is 241 g/mol. The van der Waals surface area contributed by atoms with E-state index >= 15 is 0 Å². The van der Waals surface area contributed by atoms with Gasteiger partial charge in [0.15, 0.2) is 8.32 Å². The van der Waals surface area contributed by atoms with Gasteiger partial charge in [0, 0.05) is 6.61 Å². The summed E-state index contributed by atoms with van der Waals surface area (Å²) in [4.78, 5) is 0. The predicted molar refractivity (Wildman–Crippen MR) is 76.0 cm³/mol. The largest absolute Gasteiger partial charge is 0.417 e. The van der Waals surface area contributed by atoms with Gasteiger partial charge in [0.1, 0.15) is 0 Å². The Bertz CT molecular complexity index is 203. The summed E-state index contributed by atoms with van der Waals surface area (Å²) in [6.07, 6.45) is 6.47. The molecule has 0 aliphatic rings. The third-order valence-corrected chi connectivity index (χ3v) is 8.17. The number of hydrogen-bond donors (Lipinski definition) is 0. The maximum Gasteiger partial charge on any atom is 0.191 e. The smallest absolute Gasteiger partial charge is 0.191 e. The lowest BCUT2D eigenvalue weighted by atomic mass is 10.0. The van der Waals surface area contributed by atoms with E-state index in [0.717, 1.165) is 19.4 Å². The highest BCUT2D eigenvalue weighted by Gasteiger charge is 2.36. The Hall–Kier alpha value is -0.0831. The van der Waals surface area contributed by atoms with Crippen molar-refractivity contribution >= 4 is 8.32 Å². The first kappa shape index (κ1) is 15.9. The van der Waals surface area contributed by atoms with Crippen LogP contribution in [0.5, 0.6) is 0 Å². The van der Waals surface area contributed by atoms with E-state index in [1.807, 2.05) is 0 Å². The van der Waals surface area contributed by atoms with Crippen molar-refractivity contribution in [3.8, 4) is 0 Å².